The normalized spacial score (nSPS) is 25.6. The zero-order valence-corrected chi connectivity index (χ0v) is 14.6. The van der Waals surface area contributed by atoms with Crippen molar-refractivity contribution in [3.05, 3.63) is 47.3 Å². The number of hydrogen-bond donors (Lipinski definition) is 0. The van der Waals surface area contributed by atoms with E-state index in [4.69, 9.17) is 9.47 Å². The van der Waals surface area contributed by atoms with Crippen LogP contribution in [0.2, 0.25) is 0 Å². The minimum Gasteiger partial charge on any atom is -0.496 e. The molecule has 0 amide bonds. The first-order valence-corrected chi connectivity index (χ1v) is 6.83. The maximum absolute atomic E-state index is 6.26. The predicted molar refractivity (Wildman–Crippen MR) is 77.3 cm³/mol. The summed E-state index contributed by atoms with van der Waals surface area (Å²) in [5, 5.41) is 0. The Labute approximate surface area is 137 Å². The van der Waals surface area contributed by atoms with E-state index < -0.39 is 5.79 Å². The Hall–Kier alpha value is -0.566. The van der Waals surface area contributed by atoms with Crippen molar-refractivity contribution in [2.24, 2.45) is 0 Å². The van der Waals surface area contributed by atoms with Crippen LogP contribution in [-0.2, 0) is 31.2 Å². The summed E-state index contributed by atoms with van der Waals surface area (Å²) in [6.45, 7) is 10.3. The van der Waals surface area contributed by atoms with Crippen molar-refractivity contribution in [2.45, 2.75) is 58.8 Å². The van der Waals surface area contributed by atoms with Gasteiger partial charge in [-0.2, -0.15) is 12.2 Å². The van der Waals surface area contributed by atoms with Gasteiger partial charge in [0, 0.05) is 28.1 Å². The Morgan fingerprint density at radius 1 is 1.25 bits per heavy atom. The molecule has 0 aromatic rings. The zero-order valence-electron chi connectivity index (χ0n) is 13.0. The van der Waals surface area contributed by atoms with E-state index in [1.807, 2.05) is 12.2 Å². The van der Waals surface area contributed by atoms with Gasteiger partial charge in [0.05, 0.1) is 5.60 Å². The Bertz CT molecular complexity index is 478. The van der Waals surface area contributed by atoms with Crippen LogP contribution in [0.3, 0.4) is 0 Å². The molecule has 0 aliphatic heterocycles. The minimum absolute atomic E-state index is 0. The Morgan fingerprint density at radius 3 is 2.45 bits per heavy atom. The monoisotopic (exact) mass is 307 g/mol. The van der Waals surface area contributed by atoms with E-state index in [1.54, 1.807) is 0 Å². The fourth-order valence-electron chi connectivity index (χ4n) is 2.36. The van der Waals surface area contributed by atoms with E-state index in [0.717, 1.165) is 24.2 Å². The van der Waals surface area contributed by atoms with Gasteiger partial charge in [0.2, 0.25) is 5.79 Å². The van der Waals surface area contributed by atoms with Crippen LogP contribution in [0.1, 0.15) is 47.5 Å². The van der Waals surface area contributed by atoms with Crippen molar-refractivity contribution in [3.8, 4) is 0 Å². The number of rotatable bonds is 3. The molecule has 0 spiro atoms. The second-order valence-corrected chi connectivity index (χ2v) is 6.20. The molecule has 0 saturated carbocycles. The molecule has 1 unspecified atom stereocenters. The smallest absolute Gasteiger partial charge is 0.232 e. The van der Waals surface area contributed by atoms with E-state index in [-0.39, 0.29) is 27.3 Å². The van der Waals surface area contributed by atoms with E-state index >= 15 is 0 Å². The van der Waals surface area contributed by atoms with Gasteiger partial charge in [0.1, 0.15) is 0 Å². The molecule has 2 nitrogen and oxygen atoms in total. The van der Waals surface area contributed by atoms with E-state index in [0.29, 0.717) is 0 Å². The summed E-state index contributed by atoms with van der Waals surface area (Å²) in [6, 6.07) is 0. The third-order valence-electron chi connectivity index (χ3n) is 3.15. The third kappa shape index (κ3) is 4.21. The van der Waals surface area contributed by atoms with Crippen molar-refractivity contribution in [1.82, 2.24) is 0 Å². The largest absolute Gasteiger partial charge is 0.496 e. The number of ether oxygens (including phenoxy) is 2. The summed E-state index contributed by atoms with van der Waals surface area (Å²) in [4.78, 5) is 0. The maximum Gasteiger partial charge on any atom is 0.232 e. The molecular weight excluding hydrogens is 284 g/mol. The fourth-order valence-corrected chi connectivity index (χ4v) is 2.36. The van der Waals surface area contributed by atoms with Gasteiger partial charge in [-0.15, -0.1) is 6.42 Å². The number of hydrogen-bond acceptors (Lipinski definition) is 2. The van der Waals surface area contributed by atoms with Crippen molar-refractivity contribution in [2.75, 3.05) is 0 Å². The van der Waals surface area contributed by atoms with E-state index in [2.05, 4.69) is 52.8 Å². The molecule has 0 radical (unpaired) electrons. The molecule has 0 saturated heterocycles. The first kappa shape index (κ1) is 17.5. The van der Waals surface area contributed by atoms with Crippen molar-refractivity contribution in [1.29, 1.82) is 0 Å². The van der Waals surface area contributed by atoms with E-state index in [9.17, 15) is 0 Å². The molecule has 20 heavy (non-hydrogen) atoms. The fraction of sp³-hybridized carbons (Fsp3) is 0.529. The van der Waals surface area contributed by atoms with Crippen LogP contribution in [0.5, 0.6) is 0 Å². The summed E-state index contributed by atoms with van der Waals surface area (Å²) in [5.41, 5.74) is 2.10. The molecule has 0 bridgehead atoms. The summed E-state index contributed by atoms with van der Waals surface area (Å²) in [6.07, 6.45) is 13.1. The molecule has 0 aromatic heterocycles. The van der Waals surface area contributed by atoms with Gasteiger partial charge in [-0.1, -0.05) is 17.7 Å². The SMILES string of the molecule is CC1=CCC(OC2=[C-]CC=C2)(OC(C)(C)C)C(C)=C1.[Ti]. The Balaban J connectivity index is 0.00000200. The van der Waals surface area contributed by atoms with Gasteiger partial charge >= 0.3 is 0 Å². The predicted octanol–water partition coefficient (Wildman–Crippen LogP) is 4.46. The van der Waals surface area contributed by atoms with Gasteiger partial charge in [0.15, 0.2) is 0 Å². The molecule has 0 aromatic carbocycles. The maximum atomic E-state index is 6.26. The summed E-state index contributed by atoms with van der Waals surface area (Å²) in [7, 11) is 0. The van der Waals surface area contributed by atoms with Crippen LogP contribution in [0.25, 0.3) is 0 Å². The van der Waals surface area contributed by atoms with Crippen LogP contribution < -0.4 is 0 Å². The second kappa shape index (κ2) is 6.47. The quantitative estimate of drug-likeness (QED) is 0.435. The van der Waals surface area contributed by atoms with Crippen LogP contribution in [0.15, 0.2) is 41.2 Å². The summed E-state index contributed by atoms with van der Waals surface area (Å²) >= 11 is 0. The molecule has 2 rings (SSSR count). The van der Waals surface area contributed by atoms with Crippen molar-refractivity contribution < 1.29 is 31.2 Å². The first-order valence-electron chi connectivity index (χ1n) is 6.83. The Kier molecular flexibility index (Phi) is 5.65. The van der Waals surface area contributed by atoms with Crippen molar-refractivity contribution in [3.63, 3.8) is 0 Å². The van der Waals surface area contributed by atoms with Gasteiger partial charge < -0.3 is 9.47 Å². The molecule has 0 N–H and O–H groups in total. The van der Waals surface area contributed by atoms with Gasteiger partial charge in [-0.05, 0) is 46.0 Å². The number of allylic oxidation sites excluding steroid dienone is 5. The van der Waals surface area contributed by atoms with Crippen molar-refractivity contribution >= 4 is 0 Å². The molecule has 108 valence electrons. The molecule has 0 heterocycles. The Morgan fingerprint density at radius 2 is 1.95 bits per heavy atom. The van der Waals surface area contributed by atoms with Crippen LogP contribution in [0.4, 0.5) is 0 Å². The summed E-state index contributed by atoms with van der Waals surface area (Å²) in [5.74, 6) is 0.0827. The van der Waals surface area contributed by atoms with Gasteiger partial charge in [0.25, 0.3) is 0 Å². The molecule has 2 aliphatic rings. The molecule has 2 aliphatic carbocycles. The van der Waals surface area contributed by atoms with Gasteiger partial charge in [-0.3, -0.25) is 0 Å². The molecular formula is C17H23O2Ti-. The summed E-state index contributed by atoms with van der Waals surface area (Å²) < 4.78 is 12.4. The molecule has 0 fully saturated rings. The third-order valence-corrected chi connectivity index (χ3v) is 3.15. The second-order valence-electron chi connectivity index (χ2n) is 6.20. The average molecular weight is 307 g/mol. The minimum atomic E-state index is -0.700. The standard InChI is InChI=1S/C17H23O2.Ti/c1-13-10-11-17(14(2)12-13,19-16(3,4)5)18-15-8-6-7-9-15;/h6,8,10,12H,7,11H2,1-5H3;/q-1;. The van der Waals surface area contributed by atoms with Crippen LogP contribution >= 0.6 is 0 Å². The van der Waals surface area contributed by atoms with Crippen LogP contribution in [0, 0.1) is 6.08 Å². The average Bonchev–Trinajstić information content (AvgIpc) is 2.74. The van der Waals surface area contributed by atoms with E-state index in [1.165, 1.54) is 5.57 Å². The zero-order chi connectivity index (χ0) is 14.1. The van der Waals surface area contributed by atoms with Crippen LogP contribution in [-0.4, -0.2) is 11.4 Å². The van der Waals surface area contributed by atoms with Gasteiger partial charge in [-0.25, -0.2) is 6.08 Å². The topological polar surface area (TPSA) is 18.5 Å². The first-order chi connectivity index (χ1) is 8.81. The molecule has 1 atom stereocenters. The molecule has 3 heteroatoms.